The number of carbonyl (C=O) groups is 1. The smallest absolute Gasteiger partial charge is 0.326 e. The van der Waals surface area contributed by atoms with Gasteiger partial charge in [0.2, 0.25) is 0 Å². The van der Waals surface area contributed by atoms with Crippen LogP contribution in [0.25, 0.3) is 0 Å². The molecule has 1 atom stereocenters. The van der Waals surface area contributed by atoms with Crippen molar-refractivity contribution in [3.05, 3.63) is 0 Å². The number of hydrogen-bond donors (Lipinski definition) is 1. The second kappa shape index (κ2) is 5.15. The highest BCUT2D eigenvalue weighted by atomic mass is 16.6. The molecule has 0 aromatic carbocycles. The molecule has 1 saturated carbocycles. The summed E-state index contributed by atoms with van der Waals surface area (Å²) in [4.78, 5) is 11.8. The van der Waals surface area contributed by atoms with E-state index in [9.17, 15) is 4.79 Å². The lowest BCUT2D eigenvalue weighted by atomic mass is 10.00. The highest BCUT2D eigenvalue weighted by Gasteiger charge is 2.38. The minimum absolute atomic E-state index is 0.0858. The van der Waals surface area contributed by atoms with Crippen LogP contribution in [0.2, 0.25) is 0 Å². The van der Waals surface area contributed by atoms with Crippen molar-refractivity contribution in [1.29, 1.82) is 0 Å². The molecule has 4 heteroatoms. The summed E-state index contributed by atoms with van der Waals surface area (Å²) in [5, 5.41) is 0. The number of hydrogen-bond acceptors (Lipinski definition) is 4. The number of carbonyl (C=O) groups excluding carboxylic acids is 1. The van der Waals surface area contributed by atoms with Crippen LogP contribution in [0.4, 0.5) is 0 Å². The van der Waals surface area contributed by atoms with Crippen LogP contribution >= 0.6 is 0 Å². The van der Waals surface area contributed by atoms with Gasteiger partial charge in [-0.05, 0) is 32.1 Å². The fourth-order valence-electron chi connectivity index (χ4n) is 2.46. The molecular formula is C12H21NO3. The van der Waals surface area contributed by atoms with Crippen molar-refractivity contribution in [2.45, 2.75) is 56.6 Å². The molecule has 2 N–H and O–H groups in total. The van der Waals surface area contributed by atoms with E-state index in [1.165, 1.54) is 0 Å². The Kier molecular flexibility index (Phi) is 3.82. The van der Waals surface area contributed by atoms with Gasteiger partial charge < -0.3 is 15.2 Å². The van der Waals surface area contributed by atoms with Crippen LogP contribution in [-0.2, 0) is 14.3 Å². The van der Waals surface area contributed by atoms with E-state index in [0.717, 1.165) is 51.6 Å². The van der Waals surface area contributed by atoms with Crippen molar-refractivity contribution in [2.75, 3.05) is 13.2 Å². The van der Waals surface area contributed by atoms with Gasteiger partial charge in [-0.2, -0.15) is 0 Å². The van der Waals surface area contributed by atoms with Gasteiger partial charge in [-0.1, -0.05) is 12.8 Å². The second-order valence-corrected chi connectivity index (χ2v) is 4.95. The van der Waals surface area contributed by atoms with Crippen LogP contribution in [0.1, 0.15) is 44.9 Å². The molecule has 1 saturated heterocycles. The maximum Gasteiger partial charge on any atom is 0.326 e. The molecule has 4 nitrogen and oxygen atoms in total. The topological polar surface area (TPSA) is 61.6 Å². The molecule has 1 aliphatic heterocycles. The molecule has 0 aromatic rings. The molecule has 1 unspecified atom stereocenters. The third-order valence-electron chi connectivity index (χ3n) is 3.58. The Morgan fingerprint density at radius 2 is 2.06 bits per heavy atom. The van der Waals surface area contributed by atoms with E-state index >= 15 is 0 Å². The summed E-state index contributed by atoms with van der Waals surface area (Å²) < 4.78 is 10.8. The summed E-state index contributed by atoms with van der Waals surface area (Å²) in [6.07, 6.45) is 6.94. The zero-order chi connectivity index (χ0) is 11.4. The van der Waals surface area contributed by atoms with E-state index in [-0.39, 0.29) is 12.1 Å². The zero-order valence-electron chi connectivity index (χ0n) is 9.74. The van der Waals surface area contributed by atoms with Gasteiger partial charge in [-0.3, -0.25) is 4.79 Å². The van der Waals surface area contributed by atoms with Crippen LogP contribution in [0.15, 0.2) is 0 Å². The zero-order valence-corrected chi connectivity index (χ0v) is 9.74. The van der Waals surface area contributed by atoms with Gasteiger partial charge in [0.15, 0.2) is 0 Å². The maximum absolute atomic E-state index is 11.8. The van der Waals surface area contributed by atoms with E-state index in [1.54, 1.807) is 0 Å². The number of ether oxygens (including phenoxy) is 2. The molecule has 0 bridgehead atoms. The van der Waals surface area contributed by atoms with Gasteiger partial charge in [-0.15, -0.1) is 0 Å². The highest BCUT2D eigenvalue weighted by Crippen LogP contribution is 2.28. The average Bonchev–Trinajstić information content (AvgIpc) is 2.76. The summed E-state index contributed by atoms with van der Waals surface area (Å²) in [5.74, 6) is -0.237. The number of nitrogens with two attached hydrogens (primary N) is 1. The Morgan fingerprint density at radius 1 is 1.31 bits per heavy atom. The second-order valence-electron chi connectivity index (χ2n) is 4.95. The minimum Gasteiger partial charge on any atom is -0.462 e. The van der Waals surface area contributed by atoms with Crippen LogP contribution in [0, 0.1) is 0 Å². The third-order valence-corrected chi connectivity index (χ3v) is 3.58. The van der Waals surface area contributed by atoms with Gasteiger partial charge in [-0.25, -0.2) is 0 Å². The number of esters is 1. The Labute approximate surface area is 96.5 Å². The average molecular weight is 227 g/mol. The van der Waals surface area contributed by atoms with Gasteiger partial charge in [0.25, 0.3) is 0 Å². The highest BCUT2D eigenvalue weighted by molar-refractivity contribution is 5.80. The Morgan fingerprint density at radius 3 is 2.69 bits per heavy atom. The van der Waals surface area contributed by atoms with Gasteiger partial charge in [0, 0.05) is 6.61 Å². The van der Waals surface area contributed by atoms with Crippen LogP contribution in [0.5, 0.6) is 0 Å². The first kappa shape index (κ1) is 11.9. The molecule has 0 aromatic heterocycles. The van der Waals surface area contributed by atoms with Gasteiger partial charge in [0.05, 0.1) is 6.10 Å². The molecule has 92 valence electrons. The fourth-order valence-corrected chi connectivity index (χ4v) is 2.46. The summed E-state index contributed by atoms with van der Waals surface area (Å²) in [5.41, 5.74) is 5.29. The first-order chi connectivity index (χ1) is 7.71. The minimum atomic E-state index is -0.714. The molecule has 0 spiro atoms. The van der Waals surface area contributed by atoms with E-state index in [0.29, 0.717) is 6.61 Å². The first-order valence-electron chi connectivity index (χ1n) is 6.28. The Hall–Kier alpha value is -0.610. The van der Waals surface area contributed by atoms with Crippen LogP contribution < -0.4 is 5.73 Å². The van der Waals surface area contributed by atoms with E-state index < -0.39 is 5.54 Å². The quantitative estimate of drug-likeness (QED) is 0.740. The first-order valence-corrected chi connectivity index (χ1v) is 6.28. The molecule has 0 amide bonds. The van der Waals surface area contributed by atoms with Crippen molar-refractivity contribution >= 4 is 5.97 Å². The molecule has 1 aliphatic carbocycles. The van der Waals surface area contributed by atoms with Crippen molar-refractivity contribution in [3.8, 4) is 0 Å². The molecule has 0 radical (unpaired) electrons. The lowest BCUT2D eigenvalue weighted by molar-refractivity contribution is -0.155. The van der Waals surface area contributed by atoms with Crippen molar-refractivity contribution < 1.29 is 14.3 Å². The van der Waals surface area contributed by atoms with E-state index in [1.807, 2.05) is 0 Å². The van der Waals surface area contributed by atoms with Gasteiger partial charge >= 0.3 is 5.97 Å². The molecule has 1 heterocycles. The van der Waals surface area contributed by atoms with Crippen molar-refractivity contribution in [3.63, 3.8) is 0 Å². The summed E-state index contributed by atoms with van der Waals surface area (Å²) in [7, 11) is 0. The molecule has 2 rings (SSSR count). The maximum atomic E-state index is 11.8. The van der Waals surface area contributed by atoms with Crippen molar-refractivity contribution in [2.24, 2.45) is 5.73 Å². The Bertz CT molecular complexity index is 243. The lowest BCUT2D eigenvalue weighted by Gasteiger charge is -2.25. The standard InChI is InChI=1S/C12H21NO3/c13-12(6-2-3-7-12)11(14)16-9-10-5-1-4-8-15-10/h10H,1-9,13H2. The van der Waals surface area contributed by atoms with E-state index in [2.05, 4.69) is 0 Å². The normalized spacial score (nSPS) is 28.9. The number of rotatable bonds is 3. The van der Waals surface area contributed by atoms with E-state index in [4.69, 9.17) is 15.2 Å². The van der Waals surface area contributed by atoms with Crippen LogP contribution in [-0.4, -0.2) is 30.8 Å². The van der Waals surface area contributed by atoms with Crippen LogP contribution in [0.3, 0.4) is 0 Å². The third kappa shape index (κ3) is 2.74. The summed E-state index contributed by atoms with van der Waals surface area (Å²) >= 11 is 0. The monoisotopic (exact) mass is 227 g/mol. The van der Waals surface area contributed by atoms with Crippen molar-refractivity contribution in [1.82, 2.24) is 0 Å². The molecular weight excluding hydrogens is 206 g/mol. The predicted molar refractivity (Wildman–Crippen MR) is 59.9 cm³/mol. The molecule has 2 aliphatic rings. The molecule has 2 fully saturated rings. The fraction of sp³-hybridized carbons (Fsp3) is 0.917. The largest absolute Gasteiger partial charge is 0.462 e. The Balaban J connectivity index is 1.74. The summed E-state index contributed by atoms with van der Waals surface area (Å²) in [6, 6.07) is 0. The lowest BCUT2D eigenvalue weighted by Crippen LogP contribution is -2.47. The van der Waals surface area contributed by atoms with Gasteiger partial charge in [0.1, 0.15) is 12.1 Å². The summed E-state index contributed by atoms with van der Waals surface area (Å²) in [6.45, 7) is 1.16. The molecule has 16 heavy (non-hydrogen) atoms. The predicted octanol–water partition coefficient (Wildman–Crippen LogP) is 1.37. The SMILES string of the molecule is NC1(C(=O)OCC2CCCCO2)CCCC1.